The van der Waals surface area contributed by atoms with Crippen LogP contribution in [0, 0.1) is 0 Å². The molecule has 0 unspecified atom stereocenters. The van der Waals surface area contributed by atoms with Crippen LogP contribution >= 0.6 is 11.6 Å². The van der Waals surface area contributed by atoms with E-state index in [9.17, 15) is 9.59 Å². The van der Waals surface area contributed by atoms with Crippen LogP contribution in [-0.4, -0.2) is 25.6 Å². The predicted molar refractivity (Wildman–Crippen MR) is 151 cm³/mol. The van der Waals surface area contributed by atoms with E-state index in [1.165, 1.54) is 0 Å². The number of rotatable bonds is 8. The molecule has 198 valence electrons. The average molecular weight is 543 g/mol. The van der Waals surface area contributed by atoms with Crippen molar-refractivity contribution in [2.24, 2.45) is 0 Å². The van der Waals surface area contributed by atoms with Crippen LogP contribution in [0.4, 0.5) is 11.4 Å². The molecule has 0 bridgehead atoms. The highest BCUT2D eigenvalue weighted by atomic mass is 35.5. The lowest BCUT2D eigenvalue weighted by atomic mass is 10.0. The molecule has 0 radical (unpaired) electrons. The molecule has 4 aromatic rings. The Morgan fingerprint density at radius 3 is 2.46 bits per heavy atom. The van der Waals surface area contributed by atoms with Crippen LogP contribution in [0.3, 0.4) is 0 Å². The van der Waals surface area contributed by atoms with E-state index < -0.39 is 12.1 Å². The number of para-hydroxylation sites is 2. The van der Waals surface area contributed by atoms with E-state index in [1.807, 2.05) is 48.5 Å². The van der Waals surface area contributed by atoms with Crippen molar-refractivity contribution in [2.75, 3.05) is 23.9 Å². The fourth-order valence-corrected chi connectivity index (χ4v) is 4.69. The van der Waals surface area contributed by atoms with Crippen molar-refractivity contribution in [3.8, 4) is 11.5 Å². The third-order valence-corrected chi connectivity index (χ3v) is 6.67. The molecule has 1 aliphatic rings. The zero-order valence-corrected chi connectivity index (χ0v) is 22.3. The number of nitrogens with one attached hydrogen (secondary N) is 1. The molecule has 0 aliphatic carbocycles. The van der Waals surface area contributed by atoms with E-state index >= 15 is 0 Å². The lowest BCUT2D eigenvalue weighted by Gasteiger charge is -2.38. The quantitative estimate of drug-likeness (QED) is 0.245. The summed E-state index contributed by atoms with van der Waals surface area (Å²) in [5.74, 6) is 0.448. The Kier molecular flexibility index (Phi) is 7.70. The number of benzene rings is 4. The molecule has 4 aromatic carbocycles. The summed E-state index contributed by atoms with van der Waals surface area (Å²) < 4.78 is 16.9. The van der Waals surface area contributed by atoms with Crippen LogP contribution < -0.4 is 19.7 Å². The number of ether oxygens (including phenoxy) is 3. The number of fused-ring (bicyclic) bond motifs is 1. The minimum atomic E-state index is -0.509. The first-order valence-corrected chi connectivity index (χ1v) is 12.9. The van der Waals surface area contributed by atoms with Crippen LogP contribution in [-0.2, 0) is 11.3 Å². The Bertz CT molecular complexity index is 1510. The minimum absolute atomic E-state index is 0.131. The Morgan fingerprint density at radius 2 is 1.69 bits per heavy atom. The highest BCUT2D eigenvalue weighted by Gasteiger charge is 2.34. The number of anilines is 2. The van der Waals surface area contributed by atoms with Crippen LogP contribution in [0.15, 0.2) is 91.0 Å². The van der Waals surface area contributed by atoms with E-state index in [0.717, 1.165) is 16.8 Å². The summed E-state index contributed by atoms with van der Waals surface area (Å²) in [6, 6.07) is 27.2. The fourth-order valence-electron chi connectivity index (χ4n) is 4.56. The summed E-state index contributed by atoms with van der Waals surface area (Å²) in [5, 5.41) is 4.10. The number of amides is 1. The largest absolute Gasteiger partial charge is 0.496 e. The Hall–Kier alpha value is -4.49. The number of carbonyl (C=O) groups excluding carboxylic acids is 2. The van der Waals surface area contributed by atoms with Crippen molar-refractivity contribution in [2.45, 2.75) is 19.7 Å². The number of carbonyl (C=O) groups is 2. The Balaban J connectivity index is 1.50. The van der Waals surface area contributed by atoms with Crippen LogP contribution in [0.5, 0.6) is 11.5 Å². The molecule has 7 nitrogen and oxygen atoms in total. The van der Waals surface area contributed by atoms with E-state index in [4.69, 9.17) is 25.8 Å². The van der Waals surface area contributed by atoms with Gasteiger partial charge in [-0.05, 0) is 73.2 Å². The SMILES string of the molecule is CCOC(=O)c1ccccc1OCc1cc([C@@H]2Nc3ccccc3C(=O)N2c2ccc(Cl)cc2)ccc1OC. The summed E-state index contributed by atoms with van der Waals surface area (Å²) in [6.45, 7) is 2.16. The molecule has 1 N–H and O–H groups in total. The van der Waals surface area contributed by atoms with Crippen LogP contribution in [0.2, 0.25) is 5.02 Å². The van der Waals surface area contributed by atoms with Gasteiger partial charge < -0.3 is 19.5 Å². The highest BCUT2D eigenvalue weighted by Crippen LogP contribution is 2.38. The maximum Gasteiger partial charge on any atom is 0.341 e. The Labute approximate surface area is 231 Å². The lowest BCUT2D eigenvalue weighted by molar-refractivity contribution is 0.0521. The number of methoxy groups -OCH3 is 1. The number of nitrogens with zero attached hydrogens (tertiary/aromatic N) is 1. The molecule has 1 heterocycles. The van der Waals surface area contributed by atoms with Gasteiger partial charge in [0.25, 0.3) is 5.91 Å². The molecule has 1 atom stereocenters. The van der Waals surface area contributed by atoms with E-state index in [2.05, 4.69) is 5.32 Å². The van der Waals surface area contributed by atoms with Gasteiger partial charge >= 0.3 is 5.97 Å². The average Bonchev–Trinajstić information content (AvgIpc) is 2.97. The van der Waals surface area contributed by atoms with Gasteiger partial charge in [-0.1, -0.05) is 41.9 Å². The van der Waals surface area contributed by atoms with Gasteiger partial charge in [-0.25, -0.2) is 4.79 Å². The first-order chi connectivity index (χ1) is 19.0. The molecule has 5 rings (SSSR count). The van der Waals surface area contributed by atoms with Crippen LogP contribution in [0.25, 0.3) is 0 Å². The lowest BCUT2D eigenvalue weighted by Crippen LogP contribution is -2.43. The number of halogens is 1. The van der Waals surface area contributed by atoms with Gasteiger partial charge in [0.05, 0.1) is 19.3 Å². The first-order valence-electron chi connectivity index (χ1n) is 12.5. The first kappa shape index (κ1) is 26.1. The second-order valence-corrected chi connectivity index (χ2v) is 9.26. The number of esters is 1. The summed E-state index contributed by atoms with van der Waals surface area (Å²) >= 11 is 6.13. The third-order valence-electron chi connectivity index (χ3n) is 6.42. The monoisotopic (exact) mass is 542 g/mol. The molecular weight excluding hydrogens is 516 g/mol. The molecule has 8 heteroatoms. The number of hydrogen-bond acceptors (Lipinski definition) is 6. The molecule has 1 amide bonds. The van der Waals surface area contributed by atoms with Gasteiger partial charge in [0.2, 0.25) is 0 Å². The fraction of sp³-hybridized carbons (Fsp3) is 0.161. The molecular formula is C31H27ClN2O5. The standard InChI is InChI=1S/C31H27ClN2O5/c1-3-38-31(36)25-9-5-7-11-28(25)39-19-21-18-20(12-17-27(21)37-2)29-33-26-10-6-4-8-24(26)30(35)34(29)23-15-13-22(32)14-16-23/h4-18,29,33H,3,19H2,1-2H3/t29-/m1/s1. The maximum atomic E-state index is 13.7. The van der Waals surface area contributed by atoms with Crippen molar-refractivity contribution < 1.29 is 23.8 Å². The molecule has 0 saturated carbocycles. The second-order valence-electron chi connectivity index (χ2n) is 8.82. The molecule has 39 heavy (non-hydrogen) atoms. The van der Waals surface area contributed by atoms with Crippen molar-refractivity contribution in [3.05, 3.63) is 118 Å². The van der Waals surface area contributed by atoms with Crippen molar-refractivity contribution >= 4 is 34.9 Å². The zero-order valence-electron chi connectivity index (χ0n) is 21.5. The van der Waals surface area contributed by atoms with Crippen molar-refractivity contribution in [1.82, 2.24) is 0 Å². The van der Waals surface area contributed by atoms with Gasteiger partial charge in [0, 0.05) is 22.0 Å². The smallest absolute Gasteiger partial charge is 0.341 e. The van der Waals surface area contributed by atoms with Gasteiger partial charge in [-0.15, -0.1) is 0 Å². The highest BCUT2D eigenvalue weighted by molar-refractivity contribution is 6.30. The molecule has 0 spiro atoms. The minimum Gasteiger partial charge on any atom is -0.496 e. The normalized spacial score (nSPS) is 14.3. The van der Waals surface area contributed by atoms with Crippen molar-refractivity contribution in [1.29, 1.82) is 0 Å². The second kappa shape index (κ2) is 11.5. The van der Waals surface area contributed by atoms with Gasteiger partial charge in [-0.3, -0.25) is 9.69 Å². The van der Waals surface area contributed by atoms with Gasteiger partial charge in [0.1, 0.15) is 29.8 Å². The topological polar surface area (TPSA) is 77.1 Å². The third kappa shape index (κ3) is 5.40. The molecule has 0 saturated heterocycles. The molecule has 0 fully saturated rings. The van der Waals surface area contributed by atoms with E-state index in [0.29, 0.717) is 33.3 Å². The summed E-state index contributed by atoms with van der Waals surface area (Å²) in [7, 11) is 1.59. The molecule has 0 aromatic heterocycles. The summed E-state index contributed by atoms with van der Waals surface area (Å²) in [6.07, 6.45) is -0.509. The van der Waals surface area contributed by atoms with E-state index in [-0.39, 0.29) is 19.1 Å². The van der Waals surface area contributed by atoms with Gasteiger partial charge in [-0.2, -0.15) is 0 Å². The Morgan fingerprint density at radius 1 is 0.949 bits per heavy atom. The van der Waals surface area contributed by atoms with E-state index in [1.54, 1.807) is 61.4 Å². The maximum absolute atomic E-state index is 13.7. The predicted octanol–water partition coefficient (Wildman–Crippen LogP) is 6.88. The van der Waals surface area contributed by atoms with Gasteiger partial charge in [0.15, 0.2) is 0 Å². The summed E-state index contributed by atoms with van der Waals surface area (Å²) in [5.41, 5.74) is 3.95. The number of hydrogen-bond donors (Lipinski definition) is 1. The molecule has 1 aliphatic heterocycles. The summed E-state index contributed by atoms with van der Waals surface area (Å²) in [4.78, 5) is 27.8. The zero-order chi connectivity index (χ0) is 27.4. The van der Waals surface area contributed by atoms with Crippen molar-refractivity contribution in [3.63, 3.8) is 0 Å². The van der Waals surface area contributed by atoms with Crippen LogP contribution in [0.1, 0.15) is 44.9 Å².